The number of anilines is 3. The third-order valence-corrected chi connectivity index (χ3v) is 5.97. The molecule has 1 unspecified atom stereocenters. The van der Waals surface area contributed by atoms with Gasteiger partial charge in [0.1, 0.15) is 11.8 Å². The number of hydrogen-bond donors (Lipinski definition) is 4. The van der Waals surface area contributed by atoms with Gasteiger partial charge in [0.15, 0.2) is 5.82 Å². The van der Waals surface area contributed by atoms with E-state index >= 15 is 0 Å². The van der Waals surface area contributed by atoms with E-state index < -0.39 is 6.04 Å². The van der Waals surface area contributed by atoms with Gasteiger partial charge in [0.25, 0.3) is 5.91 Å². The van der Waals surface area contributed by atoms with Crippen molar-refractivity contribution in [3.8, 4) is 0 Å². The van der Waals surface area contributed by atoms with Crippen LogP contribution >= 0.6 is 0 Å². The van der Waals surface area contributed by atoms with E-state index in [1.165, 1.54) is 6.33 Å². The lowest BCUT2D eigenvalue weighted by Crippen LogP contribution is -2.42. The molecule has 6 N–H and O–H groups in total. The summed E-state index contributed by atoms with van der Waals surface area (Å²) >= 11 is 0. The van der Waals surface area contributed by atoms with Crippen LogP contribution in [0.2, 0.25) is 0 Å². The first-order valence-corrected chi connectivity index (χ1v) is 11.6. The molecule has 1 fully saturated rings. The van der Waals surface area contributed by atoms with Gasteiger partial charge in [0, 0.05) is 36.7 Å². The zero-order valence-electron chi connectivity index (χ0n) is 19.6. The fraction of sp³-hybridized carbons (Fsp3) is 0.417. The molecule has 0 radical (unpaired) electrons. The summed E-state index contributed by atoms with van der Waals surface area (Å²) in [4.78, 5) is 31.9. The van der Waals surface area contributed by atoms with Crippen molar-refractivity contribution in [2.45, 2.75) is 45.2 Å². The summed E-state index contributed by atoms with van der Waals surface area (Å²) in [5.41, 5.74) is 14.4. The number of fused-ring (bicyclic) bond motifs is 1. The Labute approximate surface area is 198 Å². The molecule has 2 amide bonds. The SMILES string of the molecule is CC(C)CC(N)C(=O)Nc1cccc(Nc2ncnn3ccc(C(=O)N4CCC(N)CC4)c23)c1. The van der Waals surface area contributed by atoms with Gasteiger partial charge in [-0.05, 0) is 49.4 Å². The Hall–Kier alpha value is -3.50. The van der Waals surface area contributed by atoms with Crippen LogP contribution < -0.4 is 22.1 Å². The number of nitrogens with zero attached hydrogens (tertiary/aromatic N) is 4. The fourth-order valence-corrected chi connectivity index (χ4v) is 4.15. The average molecular weight is 465 g/mol. The van der Waals surface area contributed by atoms with Gasteiger partial charge in [-0.3, -0.25) is 9.59 Å². The van der Waals surface area contributed by atoms with Gasteiger partial charge in [-0.15, -0.1) is 0 Å². The number of carbonyl (C=O) groups excluding carboxylic acids is 2. The number of benzene rings is 1. The number of carbonyl (C=O) groups is 2. The molecule has 1 saturated heterocycles. The van der Waals surface area contributed by atoms with Crippen molar-refractivity contribution in [1.82, 2.24) is 19.5 Å². The summed E-state index contributed by atoms with van der Waals surface area (Å²) in [7, 11) is 0. The number of likely N-dealkylation sites (tertiary alicyclic amines) is 1. The fourth-order valence-electron chi connectivity index (χ4n) is 4.15. The third-order valence-electron chi connectivity index (χ3n) is 5.97. The van der Waals surface area contributed by atoms with Gasteiger partial charge in [-0.1, -0.05) is 19.9 Å². The number of hydrogen-bond acceptors (Lipinski definition) is 7. The third kappa shape index (κ3) is 5.35. The summed E-state index contributed by atoms with van der Waals surface area (Å²) in [5.74, 6) is 0.537. The van der Waals surface area contributed by atoms with Crippen LogP contribution in [0.4, 0.5) is 17.2 Å². The highest BCUT2D eigenvalue weighted by molar-refractivity contribution is 6.04. The molecule has 1 aromatic carbocycles. The Bertz CT molecular complexity index is 1170. The van der Waals surface area contributed by atoms with Crippen molar-refractivity contribution in [3.63, 3.8) is 0 Å². The summed E-state index contributed by atoms with van der Waals surface area (Å²) in [5, 5.41) is 10.4. The maximum absolute atomic E-state index is 13.2. The van der Waals surface area contributed by atoms with Gasteiger partial charge in [-0.2, -0.15) is 5.10 Å². The normalized spacial score (nSPS) is 15.5. The minimum atomic E-state index is -0.572. The molecule has 1 aliphatic heterocycles. The number of nitrogens with one attached hydrogen (secondary N) is 2. The van der Waals surface area contributed by atoms with Crippen LogP contribution in [-0.4, -0.2) is 56.5 Å². The van der Waals surface area contributed by atoms with Crippen LogP contribution in [0.5, 0.6) is 0 Å². The highest BCUT2D eigenvalue weighted by Gasteiger charge is 2.25. The first-order valence-electron chi connectivity index (χ1n) is 11.6. The lowest BCUT2D eigenvalue weighted by atomic mass is 10.0. The first-order chi connectivity index (χ1) is 16.3. The van der Waals surface area contributed by atoms with Gasteiger partial charge < -0.3 is 27.0 Å². The maximum atomic E-state index is 13.2. The first kappa shape index (κ1) is 23.7. The predicted octanol–water partition coefficient (Wildman–Crippen LogP) is 2.35. The molecule has 1 aliphatic rings. The van der Waals surface area contributed by atoms with E-state index in [0.717, 1.165) is 12.8 Å². The zero-order chi connectivity index (χ0) is 24.2. The van der Waals surface area contributed by atoms with Crippen molar-refractivity contribution in [2.24, 2.45) is 17.4 Å². The van der Waals surface area contributed by atoms with Gasteiger partial charge in [-0.25, -0.2) is 9.50 Å². The second-order valence-electron chi connectivity index (χ2n) is 9.19. The van der Waals surface area contributed by atoms with E-state index in [-0.39, 0.29) is 17.9 Å². The van der Waals surface area contributed by atoms with Crippen LogP contribution in [0.25, 0.3) is 5.52 Å². The molecule has 0 spiro atoms. The number of rotatable bonds is 7. The highest BCUT2D eigenvalue weighted by atomic mass is 16.2. The minimum Gasteiger partial charge on any atom is -0.338 e. The van der Waals surface area contributed by atoms with E-state index in [2.05, 4.69) is 20.7 Å². The van der Waals surface area contributed by atoms with E-state index in [4.69, 9.17) is 11.5 Å². The predicted molar refractivity (Wildman–Crippen MR) is 132 cm³/mol. The molecule has 180 valence electrons. The largest absolute Gasteiger partial charge is 0.338 e. The Kier molecular flexibility index (Phi) is 7.09. The summed E-state index contributed by atoms with van der Waals surface area (Å²) in [6.07, 6.45) is 5.37. The van der Waals surface area contributed by atoms with E-state index in [9.17, 15) is 9.59 Å². The van der Waals surface area contributed by atoms with E-state index in [1.54, 1.807) is 28.9 Å². The topological polar surface area (TPSA) is 144 Å². The summed E-state index contributed by atoms with van der Waals surface area (Å²) < 4.78 is 1.63. The molecular formula is C24H32N8O2. The smallest absolute Gasteiger partial charge is 0.256 e. The number of aromatic nitrogens is 3. The van der Waals surface area contributed by atoms with Crippen molar-refractivity contribution >= 4 is 34.5 Å². The molecular weight excluding hydrogens is 432 g/mol. The molecule has 0 bridgehead atoms. The standard InChI is InChI=1S/C24H32N8O2/c1-15(2)12-20(26)23(33)30-18-5-3-4-17(13-18)29-22-21-19(8-11-32(21)28-14-27-22)24(34)31-9-6-16(25)7-10-31/h3-5,8,11,13-16,20H,6-7,9-10,12,25-26H2,1-2H3,(H,30,33)(H,27,28,29). The number of piperidine rings is 1. The van der Waals surface area contributed by atoms with Gasteiger partial charge in [0.05, 0.1) is 11.6 Å². The van der Waals surface area contributed by atoms with Crippen LogP contribution in [0.3, 0.4) is 0 Å². The second-order valence-corrected chi connectivity index (χ2v) is 9.19. The molecule has 4 rings (SSSR count). The van der Waals surface area contributed by atoms with Gasteiger partial charge >= 0.3 is 0 Å². The Morgan fingerprint density at radius 2 is 1.91 bits per heavy atom. The summed E-state index contributed by atoms with van der Waals surface area (Å²) in [6.45, 7) is 5.32. The molecule has 0 saturated carbocycles. The van der Waals surface area contributed by atoms with Crippen molar-refractivity contribution < 1.29 is 9.59 Å². The molecule has 0 aliphatic carbocycles. The quantitative estimate of drug-likeness (QED) is 0.420. The van der Waals surface area contributed by atoms with Crippen LogP contribution in [0.15, 0.2) is 42.9 Å². The molecule has 10 nitrogen and oxygen atoms in total. The van der Waals surface area contributed by atoms with E-state index in [1.807, 2.05) is 30.9 Å². The zero-order valence-corrected chi connectivity index (χ0v) is 19.6. The lowest BCUT2D eigenvalue weighted by molar-refractivity contribution is -0.117. The van der Waals surface area contributed by atoms with Crippen molar-refractivity contribution in [2.75, 3.05) is 23.7 Å². The highest BCUT2D eigenvalue weighted by Crippen LogP contribution is 2.26. The lowest BCUT2D eigenvalue weighted by Gasteiger charge is -2.30. The van der Waals surface area contributed by atoms with E-state index in [0.29, 0.717) is 53.7 Å². The summed E-state index contributed by atoms with van der Waals surface area (Å²) in [6, 6.07) is 8.62. The minimum absolute atomic E-state index is 0.0626. The Morgan fingerprint density at radius 3 is 2.65 bits per heavy atom. The molecule has 1 atom stereocenters. The molecule has 34 heavy (non-hydrogen) atoms. The molecule has 10 heteroatoms. The van der Waals surface area contributed by atoms with Crippen LogP contribution in [0, 0.1) is 5.92 Å². The van der Waals surface area contributed by atoms with Crippen molar-refractivity contribution in [1.29, 1.82) is 0 Å². The Morgan fingerprint density at radius 1 is 1.18 bits per heavy atom. The number of nitrogens with two attached hydrogens (primary N) is 2. The number of amides is 2. The van der Waals surface area contributed by atoms with Crippen molar-refractivity contribution in [3.05, 3.63) is 48.4 Å². The Balaban J connectivity index is 1.55. The van der Waals surface area contributed by atoms with Crippen LogP contribution in [0.1, 0.15) is 43.5 Å². The monoisotopic (exact) mass is 464 g/mol. The maximum Gasteiger partial charge on any atom is 0.256 e. The average Bonchev–Trinajstić information content (AvgIpc) is 3.24. The van der Waals surface area contributed by atoms with Crippen LogP contribution in [-0.2, 0) is 4.79 Å². The second kappa shape index (κ2) is 10.2. The van der Waals surface area contributed by atoms with Gasteiger partial charge in [0.2, 0.25) is 5.91 Å². The molecule has 2 aromatic heterocycles. The molecule has 3 heterocycles. The molecule has 3 aromatic rings.